The number of rotatable bonds is 0. The van der Waals surface area contributed by atoms with Crippen LogP contribution < -0.4 is 0 Å². The summed E-state index contributed by atoms with van der Waals surface area (Å²) >= 11 is 1.62. The van der Waals surface area contributed by atoms with E-state index in [4.69, 9.17) is 0 Å². The number of aromatic nitrogens is 6. The Morgan fingerprint density at radius 1 is 0.606 bits per heavy atom. The van der Waals surface area contributed by atoms with Crippen LogP contribution in [0.5, 0.6) is 0 Å². The highest BCUT2D eigenvalue weighted by molar-refractivity contribution is 7.11. The normalized spacial score (nSPS) is 9.12. The van der Waals surface area contributed by atoms with Crippen LogP contribution in [0.1, 0.15) is 51.3 Å². The molecule has 0 spiro atoms. The van der Waals surface area contributed by atoms with Crippen molar-refractivity contribution in [3.63, 3.8) is 0 Å². The zero-order valence-electron chi connectivity index (χ0n) is 20.0. The van der Waals surface area contributed by atoms with Gasteiger partial charge in [-0.25, -0.2) is 4.98 Å². The van der Waals surface area contributed by atoms with Crippen molar-refractivity contribution in [2.24, 2.45) is 0 Å². The maximum absolute atomic E-state index is 12.5. The van der Waals surface area contributed by atoms with E-state index in [9.17, 15) is 4.39 Å². The van der Waals surface area contributed by atoms with E-state index in [1.807, 2.05) is 65.9 Å². The molecule has 4 rings (SSSR count). The summed E-state index contributed by atoms with van der Waals surface area (Å²) in [5, 5.41) is 17.3. The molecule has 0 saturated heterocycles. The van der Waals surface area contributed by atoms with E-state index in [-0.39, 0.29) is 13.4 Å². The highest BCUT2D eigenvalue weighted by atomic mass is 32.1. The zero-order chi connectivity index (χ0) is 24.1. The molecule has 0 saturated carbocycles. The standard InChI is InChI=1S/C7H8FN.C7H9N.C6H8N2.C4H6N2S.CH4/c1-5-3-4-6(2)9-7(5)8;1-6-3-4-7(2)8-5-6;1-5-3-4-6(2)8-7-5;1-3-5-6-4(2)7-3;/h3-4H,1-2H3;3-5H,1-2H3;3-4H,1-2H3;1-2H3;1H4. The average Bonchev–Trinajstić information content (AvgIpc) is 3.13. The first kappa shape index (κ1) is 29.9. The maximum atomic E-state index is 12.5. The van der Waals surface area contributed by atoms with E-state index in [2.05, 4.69) is 36.4 Å². The van der Waals surface area contributed by atoms with Gasteiger partial charge in [0, 0.05) is 23.1 Å². The van der Waals surface area contributed by atoms with Crippen LogP contribution in [0.4, 0.5) is 4.39 Å². The summed E-state index contributed by atoms with van der Waals surface area (Å²) in [6, 6.07) is 11.5. The first-order valence-corrected chi connectivity index (χ1v) is 10.9. The molecule has 0 N–H and O–H groups in total. The molecule has 0 bridgehead atoms. The van der Waals surface area contributed by atoms with Crippen molar-refractivity contribution in [1.82, 2.24) is 30.4 Å². The van der Waals surface area contributed by atoms with E-state index < -0.39 is 0 Å². The van der Waals surface area contributed by atoms with E-state index in [1.165, 1.54) is 5.56 Å². The zero-order valence-corrected chi connectivity index (χ0v) is 20.8. The number of pyridine rings is 2. The van der Waals surface area contributed by atoms with Crippen molar-refractivity contribution in [3.05, 3.63) is 92.5 Å². The monoisotopic (exact) mass is 470 g/mol. The van der Waals surface area contributed by atoms with Crippen LogP contribution in [0.25, 0.3) is 0 Å². The summed E-state index contributed by atoms with van der Waals surface area (Å²) < 4.78 is 12.5. The van der Waals surface area contributed by atoms with Crippen LogP contribution in [-0.2, 0) is 0 Å². The van der Waals surface area contributed by atoms with Crippen molar-refractivity contribution in [2.45, 2.75) is 62.8 Å². The third kappa shape index (κ3) is 13.8. The Labute approximate surface area is 201 Å². The Bertz CT molecular complexity index is 961. The molecule has 0 aliphatic heterocycles. The SMILES string of the molecule is C.Cc1ccc(C)c(F)n1.Cc1ccc(C)nc1.Cc1ccc(C)nn1.Cc1nnc(C)s1. The first-order chi connectivity index (χ1) is 15.1. The van der Waals surface area contributed by atoms with Crippen molar-refractivity contribution in [3.8, 4) is 0 Å². The minimum atomic E-state index is -0.366. The third-order valence-electron chi connectivity index (χ3n) is 3.79. The summed E-state index contributed by atoms with van der Waals surface area (Å²) in [7, 11) is 0. The van der Waals surface area contributed by atoms with Gasteiger partial charge in [0.1, 0.15) is 10.0 Å². The fraction of sp³-hybridized carbons (Fsp3) is 0.360. The molecule has 4 aromatic heterocycles. The number of nitrogens with zero attached hydrogens (tertiary/aromatic N) is 6. The van der Waals surface area contributed by atoms with E-state index in [0.29, 0.717) is 5.56 Å². The van der Waals surface area contributed by atoms with Gasteiger partial charge in [-0.15, -0.1) is 21.5 Å². The van der Waals surface area contributed by atoms with Crippen molar-refractivity contribution < 1.29 is 4.39 Å². The van der Waals surface area contributed by atoms with Crippen LogP contribution in [0, 0.1) is 61.3 Å². The Kier molecular flexibility index (Phi) is 14.2. The van der Waals surface area contributed by atoms with Gasteiger partial charge in [0.15, 0.2) is 0 Å². The summed E-state index contributed by atoms with van der Waals surface area (Å²) in [5.41, 5.74) is 5.55. The van der Waals surface area contributed by atoms with Crippen LogP contribution in [0.2, 0.25) is 0 Å². The van der Waals surface area contributed by atoms with Crippen LogP contribution in [-0.4, -0.2) is 30.4 Å². The number of aryl methyl sites for hydroxylation is 8. The first-order valence-electron chi connectivity index (χ1n) is 10.1. The van der Waals surface area contributed by atoms with Gasteiger partial charge in [0.05, 0.1) is 11.4 Å². The lowest BCUT2D eigenvalue weighted by Crippen LogP contribution is -1.88. The van der Waals surface area contributed by atoms with Crippen LogP contribution >= 0.6 is 11.3 Å². The van der Waals surface area contributed by atoms with Crippen molar-refractivity contribution in [2.75, 3.05) is 0 Å². The maximum Gasteiger partial charge on any atom is 0.215 e. The molecule has 4 heterocycles. The van der Waals surface area contributed by atoms with Gasteiger partial charge in [0.25, 0.3) is 0 Å². The molecule has 0 aromatic carbocycles. The largest absolute Gasteiger partial charge is 0.261 e. The minimum absolute atomic E-state index is 0. The van der Waals surface area contributed by atoms with E-state index in [0.717, 1.165) is 32.8 Å². The number of hydrogen-bond donors (Lipinski definition) is 0. The number of hydrogen-bond acceptors (Lipinski definition) is 7. The molecule has 33 heavy (non-hydrogen) atoms. The van der Waals surface area contributed by atoms with Gasteiger partial charge in [0.2, 0.25) is 5.95 Å². The lowest BCUT2D eigenvalue weighted by atomic mass is 10.3. The van der Waals surface area contributed by atoms with E-state index in [1.54, 1.807) is 37.3 Å². The third-order valence-corrected chi connectivity index (χ3v) is 4.55. The fourth-order valence-electron chi connectivity index (χ4n) is 2.00. The Morgan fingerprint density at radius 3 is 1.39 bits per heavy atom. The summed E-state index contributed by atoms with van der Waals surface area (Å²) in [6.07, 6.45) is 1.87. The molecule has 0 atom stereocenters. The summed E-state index contributed by atoms with van der Waals surface area (Å²) in [4.78, 5) is 7.69. The Morgan fingerprint density at radius 2 is 1.09 bits per heavy atom. The smallest absolute Gasteiger partial charge is 0.215 e. The topological polar surface area (TPSA) is 77.3 Å². The molecule has 0 radical (unpaired) electrons. The van der Waals surface area contributed by atoms with Crippen LogP contribution in [0.3, 0.4) is 0 Å². The molecule has 0 amide bonds. The molecule has 4 aromatic rings. The van der Waals surface area contributed by atoms with Gasteiger partial charge in [-0.1, -0.05) is 19.6 Å². The Balaban J connectivity index is 0.000000411. The lowest BCUT2D eigenvalue weighted by Gasteiger charge is -1.93. The van der Waals surface area contributed by atoms with Crippen LogP contribution in [0.15, 0.2) is 42.6 Å². The van der Waals surface area contributed by atoms with Gasteiger partial charge >= 0.3 is 0 Å². The molecule has 8 heteroatoms. The predicted molar refractivity (Wildman–Crippen MR) is 135 cm³/mol. The molecule has 0 unspecified atom stereocenters. The summed E-state index contributed by atoms with van der Waals surface area (Å²) in [6.45, 7) is 15.2. The van der Waals surface area contributed by atoms with Gasteiger partial charge in [-0.2, -0.15) is 14.6 Å². The quantitative estimate of drug-likeness (QED) is 0.276. The predicted octanol–water partition coefficient (Wildman–Crippen LogP) is 6.42. The van der Waals surface area contributed by atoms with Gasteiger partial charge in [-0.05, 0) is 85.2 Å². The highest BCUT2D eigenvalue weighted by Crippen LogP contribution is 2.04. The fourth-order valence-corrected chi connectivity index (χ4v) is 2.59. The number of halogens is 1. The molecular weight excluding hydrogens is 435 g/mol. The van der Waals surface area contributed by atoms with E-state index >= 15 is 0 Å². The second-order valence-electron chi connectivity index (χ2n) is 7.19. The van der Waals surface area contributed by atoms with Crippen molar-refractivity contribution >= 4 is 11.3 Å². The second kappa shape index (κ2) is 15.6. The molecule has 6 nitrogen and oxygen atoms in total. The Hall–Kier alpha value is -3.13. The average molecular weight is 471 g/mol. The lowest BCUT2D eigenvalue weighted by molar-refractivity contribution is 0.571. The highest BCUT2D eigenvalue weighted by Gasteiger charge is 1.95. The molecule has 0 aliphatic carbocycles. The molecule has 178 valence electrons. The molecule has 0 aliphatic rings. The van der Waals surface area contributed by atoms with Gasteiger partial charge < -0.3 is 0 Å². The molecule has 0 fully saturated rings. The second-order valence-corrected chi connectivity index (χ2v) is 8.58. The summed E-state index contributed by atoms with van der Waals surface area (Å²) in [5.74, 6) is -0.366. The van der Waals surface area contributed by atoms with Gasteiger partial charge in [-0.3, -0.25) is 4.98 Å². The van der Waals surface area contributed by atoms with Crippen molar-refractivity contribution in [1.29, 1.82) is 0 Å². The molecular formula is C25H35FN6S. The minimum Gasteiger partial charge on any atom is -0.261 e.